The molecule has 1 N–H and O–H groups in total. The Balaban J connectivity index is 3.76. The number of rotatable bonds is 9. The summed E-state index contributed by atoms with van der Waals surface area (Å²) < 4.78 is 0. The quantitative estimate of drug-likeness (QED) is 0.600. The van der Waals surface area contributed by atoms with Crippen molar-refractivity contribution >= 4 is 0 Å². The fourth-order valence-corrected chi connectivity index (χ4v) is 2.00. The Bertz CT molecular complexity index is 133. The number of hydrogen-bond donors (Lipinski definition) is 1. The van der Waals surface area contributed by atoms with Crippen LogP contribution < -0.4 is 5.32 Å². The Hall–Kier alpha value is -0.0400. The fourth-order valence-electron chi connectivity index (χ4n) is 2.00. The van der Waals surface area contributed by atoms with Crippen molar-refractivity contribution in [3.8, 4) is 0 Å². The maximum Gasteiger partial charge on any atom is 0.00694 e. The fraction of sp³-hybridized carbons (Fsp3) is 1.00. The Morgan fingerprint density at radius 2 is 1.67 bits per heavy atom. The van der Waals surface area contributed by atoms with Gasteiger partial charge in [-0.3, -0.25) is 0 Å². The largest absolute Gasteiger partial charge is 0.312 e. The van der Waals surface area contributed by atoms with Crippen LogP contribution in [0, 0.1) is 5.92 Å². The Morgan fingerprint density at radius 3 is 2.13 bits per heavy atom. The van der Waals surface area contributed by atoms with E-state index in [0.717, 1.165) is 12.0 Å². The average molecular weight is 213 g/mol. The first-order valence-corrected chi connectivity index (χ1v) is 6.89. The van der Waals surface area contributed by atoms with Crippen LogP contribution in [0.1, 0.15) is 73.1 Å². The third kappa shape index (κ3) is 7.84. The second-order valence-electron chi connectivity index (χ2n) is 5.06. The molecule has 0 aromatic heterocycles. The average Bonchev–Trinajstić information content (AvgIpc) is 2.25. The van der Waals surface area contributed by atoms with E-state index >= 15 is 0 Å². The molecule has 0 saturated carbocycles. The van der Waals surface area contributed by atoms with Gasteiger partial charge >= 0.3 is 0 Å². The molecular formula is C14H31N. The maximum absolute atomic E-state index is 3.77. The van der Waals surface area contributed by atoms with E-state index in [1.807, 2.05) is 0 Å². The minimum atomic E-state index is 0.693. The van der Waals surface area contributed by atoms with E-state index in [0.29, 0.717) is 6.04 Å². The van der Waals surface area contributed by atoms with Gasteiger partial charge in [0.1, 0.15) is 0 Å². The van der Waals surface area contributed by atoms with E-state index in [4.69, 9.17) is 0 Å². The lowest BCUT2D eigenvalue weighted by atomic mass is 9.97. The van der Waals surface area contributed by atoms with Gasteiger partial charge in [-0.05, 0) is 32.1 Å². The highest BCUT2D eigenvalue weighted by atomic mass is 14.9. The molecule has 0 radical (unpaired) electrons. The predicted molar refractivity (Wildman–Crippen MR) is 70.3 cm³/mol. The predicted octanol–water partition coefficient (Wildman–Crippen LogP) is 4.37. The molecule has 0 rings (SSSR count). The molecule has 0 aliphatic heterocycles. The number of unbranched alkanes of at least 4 members (excludes halogenated alkanes) is 1. The van der Waals surface area contributed by atoms with Crippen LogP contribution in [0.15, 0.2) is 0 Å². The summed E-state index contributed by atoms with van der Waals surface area (Å²) in [7, 11) is 0. The summed E-state index contributed by atoms with van der Waals surface area (Å²) >= 11 is 0. The monoisotopic (exact) mass is 213 g/mol. The highest BCUT2D eigenvalue weighted by molar-refractivity contribution is 4.72. The van der Waals surface area contributed by atoms with E-state index in [-0.39, 0.29) is 0 Å². The van der Waals surface area contributed by atoms with Gasteiger partial charge in [-0.25, -0.2) is 0 Å². The van der Waals surface area contributed by atoms with Gasteiger partial charge in [0.25, 0.3) is 0 Å². The van der Waals surface area contributed by atoms with Gasteiger partial charge in [-0.15, -0.1) is 0 Å². The first-order valence-electron chi connectivity index (χ1n) is 6.89. The summed E-state index contributed by atoms with van der Waals surface area (Å²) in [5, 5.41) is 3.77. The van der Waals surface area contributed by atoms with Crippen LogP contribution in [0.3, 0.4) is 0 Å². The highest BCUT2D eigenvalue weighted by Gasteiger charge is 2.12. The first-order chi connectivity index (χ1) is 7.13. The van der Waals surface area contributed by atoms with E-state index in [1.165, 1.54) is 38.5 Å². The van der Waals surface area contributed by atoms with Gasteiger partial charge in [0.2, 0.25) is 0 Å². The second-order valence-corrected chi connectivity index (χ2v) is 5.06. The van der Waals surface area contributed by atoms with Crippen molar-refractivity contribution in [1.29, 1.82) is 0 Å². The van der Waals surface area contributed by atoms with Gasteiger partial charge in [0.15, 0.2) is 0 Å². The summed E-state index contributed by atoms with van der Waals surface area (Å²) in [6.07, 6.45) is 7.90. The minimum Gasteiger partial charge on any atom is -0.312 e. The van der Waals surface area contributed by atoms with Gasteiger partial charge in [-0.2, -0.15) is 0 Å². The van der Waals surface area contributed by atoms with Crippen molar-refractivity contribution in [3.05, 3.63) is 0 Å². The van der Waals surface area contributed by atoms with Crippen molar-refractivity contribution in [1.82, 2.24) is 5.32 Å². The molecule has 15 heavy (non-hydrogen) atoms. The Morgan fingerprint density at radius 1 is 1.00 bits per heavy atom. The molecule has 0 aromatic carbocycles. The van der Waals surface area contributed by atoms with Crippen LogP contribution >= 0.6 is 0 Å². The van der Waals surface area contributed by atoms with E-state index in [2.05, 4.69) is 39.9 Å². The van der Waals surface area contributed by atoms with Gasteiger partial charge < -0.3 is 5.32 Å². The maximum atomic E-state index is 3.77. The SMILES string of the molecule is CCCCC(C)NC(CC)CC(C)CC. The summed E-state index contributed by atoms with van der Waals surface area (Å²) in [6.45, 7) is 11.5. The van der Waals surface area contributed by atoms with Crippen LogP contribution in [-0.4, -0.2) is 12.1 Å². The summed E-state index contributed by atoms with van der Waals surface area (Å²) in [5.74, 6) is 0.862. The van der Waals surface area contributed by atoms with Crippen LogP contribution in [0.4, 0.5) is 0 Å². The number of nitrogens with one attached hydrogen (secondary N) is 1. The molecule has 0 fully saturated rings. The molecule has 1 nitrogen and oxygen atoms in total. The van der Waals surface area contributed by atoms with Gasteiger partial charge in [0, 0.05) is 12.1 Å². The van der Waals surface area contributed by atoms with Crippen LogP contribution in [0.25, 0.3) is 0 Å². The summed E-state index contributed by atoms with van der Waals surface area (Å²) in [5.41, 5.74) is 0. The molecule has 0 bridgehead atoms. The molecule has 3 atom stereocenters. The van der Waals surface area contributed by atoms with Crippen molar-refractivity contribution in [2.75, 3.05) is 0 Å². The van der Waals surface area contributed by atoms with E-state index in [9.17, 15) is 0 Å². The normalized spacial score (nSPS) is 17.4. The molecule has 0 aromatic rings. The molecule has 0 aliphatic rings. The smallest absolute Gasteiger partial charge is 0.00694 e. The van der Waals surface area contributed by atoms with Crippen molar-refractivity contribution in [2.24, 2.45) is 5.92 Å². The molecule has 0 heterocycles. The zero-order valence-corrected chi connectivity index (χ0v) is 11.5. The third-order valence-corrected chi connectivity index (χ3v) is 3.39. The lowest BCUT2D eigenvalue weighted by Crippen LogP contribution is -2.37. The van der Waals surface area contributed by atoms with Crippen LogP contribution in [-0.2, 0) is 0 Å². The van der Waals surface area contributed by atoms with Gasteiger partial charge in [-0.1, -0.05) is 47.0 Å². The van der Waals surface area contributed by atoms with E-state index in [1.54, 1.807) is 0 Å². The first kappa shape index (κ1) is 15.0. The lowest BCUT2D eigenvalue weighted by Gasteiger charge is -2.24. The van der Waals surface area contributed by atoms with E-state index < -0.39 is 0 Å². The second kappa shape index (κ2) is 9.21. The molecule has 0 aliphatic carbocycles. The zero-order chi connectivity index (χ0) is 11.7. The topological polar surface area (TPSA) is 12.0 Å². The lowest BCUT2D eigenvalue weighted by molar-refractivity contribution is 0.345. The zero-order valence-electron chi connectivity index (χ0n) is 11.5. The van der Waals surface area contributed by atoms with Gasteiger partial charge in [0.05, 0.1) is 0 Å². The molecule has 3 unspecified atom stereocenters. The Kier molecular flexibility index (Phi) is 9.18. The van der Waals surface area contributed by atoms with Crippen LogP contribution in [0.2, 0.25) is 0 Å². The molecule has 0 spiro atoms. The van der Waals surface area contributed by atoms with Crippen molar-refractivity contribution < 1.29 is 0 Å². The number of hydrogen-bond acceptors (Lipinski definition) is 1. The van der Waals surface area contributed by atoms with Crippen molar-refractivity contribution in [3.63, 3.8) is 0 Å². The summed E-state index contributed by atoms with van der Waals surface area (Å²) in [6, 6.07) is 1.42. The molecular weight excluding hydrogens is 182 g/mol. The Labute approximate surface area is 97.0 Å². The van der Waals surface area contributed by atoms with Crippen molar-refractivity contribution in [2.45, 2.75) is 85.2 Å². The minimum absolute atomic E-state index is 0.693. The summed E-state index contributed by atoms with van der Waals surface area (Å²) in [4.78, 5) is 0. The standard InChI is InChI=1S/C14H31N/c1-6-9-10-13(5)15-14(8-3)11-12(4)7-2/h12-15H,6-11H2,1-5H3. The molecule has 92 valence electrons. The third-order valence-electron chi connectivity index (χ3n) is 3.39. The van der Waals surface area contributed by atoms with Crippen LogP contribution in [0.5, 0.6) is 0 Å². The molecule has 0 saturated heterocycles. The molecule has 0 amide bonds. The molecule has 1 heteroatoms. The highest BCUT2D eigenvalue weighted by Crippen LogP contribution is 2.13.